The van der Waals surface area contributed by atoms with Gasteiger partial charge in [0, 0.05) is 6.54 Å². The molecule has 0 spiro atoms. The highest BCUT2D eigenvalue weighted by atomic mass is 16.5. The molecule has 0 amide bonds. The summed E-state index contributed by atoms with van der Waals surface area (Å²) < 4.78 is 0. The monoisotopic (exact) mass is 233 g/mol. The molecular formula is C15H23NO. The van der Waals surface area contributed by atoms with Crippen LogP contribution in [0.4, 0.5) is 0 Å². The van der Waals surface area contributed by atoms with Crippen LogP contribution < -0.4 is 5.48 Å². The van der Waals surface area contributed by atoms with Crippen molar-refractivity contribution in [1.82, 2.24) is 5.48 Å². The van der Waals surface area contributed by atoms with Crippen LogP contribution in [0.25, 0.3) is 0 Å². The largest absolute Gasteiger partial charge is 0.316 e. The molecule has 1 aliphatic rings. The summed E-state index contributed by atoms with van der Waals surface area (Å²) in [6.07, 6.45) is 5.32. The van der Waals surface area contributed by atoms with Crippen molar-refractivity contribution < 1.29 is 5.21 Å². The molecule has 17 heavy (non-hydrogen) atoms. The van der Waals surface area contributed by atoms with E-state index in [0.717, 1.165) is 11.5 Å². The van der Waals surface area contributed by atoms with E-state index in [9.17, 15) is 0 Å². The lowest BCUT2D eigenvalue weighted by Gasteiger charge is -2.35. The fraction of sp³-hybridized carbons (Fsp3) is 0.600. The van der Waals surface area contributed by atoms with Gasteiger partial charge >= 0.3 is 0 Å². The van der Waals surface area contributed by atoms with E-state index < -0.39 is 0 Å². The number of benzene rings is 1. The van der Waals surface area contributed by atoms with E-state index in [0.29, 0.717) is 12.0 Å². The summed E-state index contributed by atoms with van der Waals surface area (Å²) in [5, 5.41) is 8.66. The Balaban J connectivity index is 2.06. The molecule has 1 unspecified atom stereocenters. The van der Waals surface area contributed by atoms with Crippen LogP contribution in [-0.2, 0) is 6.54 Å². The molecule has 2 rings (SSSR count). The van der Waals surface area contributed by atoms with Crippen LogP contribution in [0.15, 0.2) is 24.3 Å². The van der Waals surface area contributed by atoms with E-state index in [1.165, 1.54) is 31.2 Å². The minimum atomic E-state index is 0.494. The average Bonchev–Trinajstić information content (AvgIpc) is 2.29. The van der Waals surface area contributed by atoms with E-state index >= 15 is 0 Å². The third kappa shape index (κ3) is 3.30. The van der Waals surface area contributed by atoms with Gasteiger partial charge in [-0.3, -0.25) is 0 Å². The molecule has 0 aromatic heterocycles. The number of rotatable bonds is 3. The zero-order valence-corrected chi connectivity index (χ0v) is 10.9. The van der Waals surface area contributed by atoms with Gasteiger partial charge in [-0.25, -0.2) is 5.48 Å². The smallest absolute Gasteiger partial charge is 0.0458 e. The Morgan fingerprint density at radius 3 is 2.59 bits per heavy atom. The van der Waals surface area contributed by atoms with Crippen LogP contribution >= 0.6 is 0 Å². The lowest BCUT2D eigenvalue weighted by Crippen LogP contribution is -2.21. The number of nitrogens with one attached hydrogen (secondary N) is 1. The Labute approximate surface area is 104 Å². The molecule has 1 atom stereocenters. The number of hydrogen-bond donors (Lipinski definition) is 2. The maximum Gasteiger partial charge on any atom is 0.0458 e. The predicted octanol–water partition coefficient (Wildman–Crippen LogP) is 3.85. The minimum absolute atomic E-state index is 0.494. The highest BCUT2D eigenvalue weighted by molar-refractivity contribution is 5.26. The van der Waals surface area contributed by atoms with Gasteiger partial charge in [-0.2, -0.15) is 0 Å². The molecule has 0 heterocycles. The van der Waals surface area contributed by atoms with Gasteiger partial charge in [-0.05, 0) is 41.7 Å². The van der Waals surface area contributed by atoms with Gasteiger partial charge in [0.15, 0.2) is 0 Å². The molecule has 1 aromatic rings. The van der Waals surface area contributed by atoms with E-state index in [-0.39, 0.29) is 0 Å². The van der Waals surface area contributed by atoms with Gasteiger partial charge < -0.3 is 5.21 Å². The SMILES string of the molecule is CC1(C)CCCC(c2ccc(CNO)cc2)C1. The average molecular weight is 233 g/mol. The van der Waals surface area contributed by atoms with E-state index in [4.69, 9.17) is 5.21 Å². The van der Waals surface area contributed by atoms with Gasteiger partial charge in [0.05, 0.1) is 0 Å². The summed E-state index contributed by atoms with van der Waals surface area (Å²) in [4.78, 5) is 0. The molecule has 0 aliphatic heterocycles. The third-order valence-electron chi connectivity index (χ3n) is 3.94. The van der Waals surface area contributed by atoms with E-state index in [1.54, 1.807) is 0 Å². The zero-order chi connectivity index (χ0) is 12.3. The zero-order valence-electron chi connectivity index (χ0n) is 10.9. The molecular weight excluding hydrogens is 210 g/mol. The molecule has 2 N–H and O–H groups in total. The molecule has 0 radical (unpaired) electrons. The van der Waals surface area contributed by atoms with Crippen LogP contribution in [-0.4, -0.2) is 5.21 Å². The second-order valence-corrected chi connectivity index (χ2v) is 6.03. The second kappa shape index (κ2) is 5.19. The van der Waals surface area contributed by atoms with Gasteiger partial charge in [0.25, 0.3) is 0 Å². The van der Waals surface area contributed by atoms with E-state index in [1.807, 2.05) is 0 Å². The second-order valence-electron chi connectivity index (χ2n) is 6.03. The van der Waals surface area contributed by atoms with Crippen molar-refractivity contribution in [3.05, 3.63) is 35.4 Å². The van der Waals surface area contributed by atoms with Crippen molar-refractivity contribution in [2.45, 2.75) is 52.0 Å². The highest BCUT2D eigenvalue weighted by Gasteiger charge is 2.28. The summed E-state index contributed by atoms with van der Waals surface area (Å²) >= 11 is 0. The van der Waals surface area contributed by atoms with Crippen LogP contribution in [0, 0.1) is 5.41 Å². The number of hydrogen-bond acceptors (Lipinski definition) is 2. The van der Waals surface area contributed by atoms with Gasteiger partial charge in [-0.1, -0.05) is 44.5 Å². The molecule has 2 heteroatoms. The van der Waals surface area contributed by atoms with Crippen molar-refractivity contribution in [3.63, 3.8) is 0 Å². The van der Waals surface area contributed by atoms with Crippen LogP contribution in [0.1, 0.15) is 56.6 Å². The molecule has 0 bridgehead atoms. The Kier molecular flexibility index (Phi) is 3.85. The minimum Gasteiger partial charge on any atom is -0.316 e. The maximum absolute atomic E-state index is 8.66. The van der Waals surface area contributed by atoms with Crippen LogP contribution in [0.3, 0.4) is 0 Å². The Morgan fingerprint density at radius 2 is 2.00 bits per heavy atom. The first-order chi connectivity index (χ1) is 8.11. The highest BCUT2D eigenvalue weighted by Crippen LogP contribution is 2.43. The first-order valence-corrected chi connectivity index (χ1v) is 6.56. The first-order valence-electron chi connectivity index (χ1n) is 6.56. The summed E-state index contributed by atoms with van der Waals surface area (Å²) in [6, 6.07) is 8.66. The fourth-order valence-corrected chi connectivity index (χ4v) is 2.98. The van der Waals surface area contributed by atoms with Crippen LogP contribution in [0.5, 0.6) is 0 Å². The fourth-order valence-electron chi connectivity index (χ4n) is 2.98. The Bertz CT molecular complexity index is 356. The van der Waals surface area contributed by atoms with Crippen molar-refractivity contribution in [2.75, 3.05) is 0 Å². The van der Waals surface area contributed by atoms with Crippen molar-refractivity contribution in [1.29, 1.82) is 0 Å². The first kappa shape index (κ1) is 12.6. The van der Waals surface area contributed by atoms with Gasteiger partial charge in [0.1, 0.15) is 0 Å². The third-order valence-corrected chi connectivity index (χ3v) is 3.94. The molecule has 2 nitrogen and oxygen atoms in total. The van der Waals surface area contributed by atoms with Gasteiger partial charge in [-0.15, -0.1) is 0 Å². The molecule has 94 valence electrons. The Hall–Kier alpha value is -0.860. The molecule has 1 aromatic carbocycles. The topological polar surface area (TPSA) is 32.3 Å². The summed E-state index contributed by atoms with van der Waals surface area (Å²) in [5.41, 5.74) is 5.28. The van der Waals surface area contributed by atoms with Crippen molar-refractivity contribution >= 4 is 0 Å². The van der Waals surface area contributed by atoms with Crippen molar-refractivity contribution in [3.8, 4) is 0 Å². The molecule has 1 fully saturated rings. The predicted molar refractivity (Wildman–Crippen MR) is 70.1 cm³/mol. The maximum atomic E-state index is 8.66. The van der Waals surface area contributed by atoms with Crippen LogP contribution in [0.2, 0.25) is 0 Å². The summed E-state index contributed by atoms with van der Waals surface area (Å²) in [7, 11) is 0. The van der Waals surface area contributed by atoms with Gasteiger partial charge in [0.2, 0.25) is 0 Å². The number of hydroxylamine groups is 1. The molecule has 1 aliphatic carbocycles. The lowest BCUT2D eigenvalue weighted by molar-refractivity contribution is 0.161. The Morgan fingerprint density at radius 1 is 1.29 bits per heavy atom. The quantitative estimate of drug-likeness (QED) is 0.777. The lowest BCUT2D eigenvalue weighted by atomic mass is 9.70. The normalized spacial score (nSPS) is 23.6. The molecule has 1 saturated carbocycles. The summed E-state index contributed by atoms with van der Waals surface area (Å²) in [5.74, 6) is 0.717. The van der Waals surface area contributed by atoms with E-state index in [2.05, 4.69) is 43.6 Å². The van der Waals surface area contributed by atoms with Crippen molar-refractivity contribution in [2.24, 2.45) is 5.41 Å². The standard InChI is InChI=1S/C15H23NO/c1-15(2)9-3-4-14(10-15)13-7-5-12(6-8-13)11-16-17/h5-8,14,16-17H,3-4,9-11H2,1-2H3. The summed E-state index contributed by atoms with van der Waals surface area (Å²) in [6.45, 7) is 5.28. The molecule has 0 saturated heterocycles.